The highest BCUT2D eigenvalue weighted by Gasteiger charge is 2.38. The zero-order chi connectivity index (χ0) is 21.1. The maximum Gasteiger partial charge on any atom is 0.232 e. The summed E-state index contributed by atoms with van der Waals surface area (Å²) >= 11 is 1.60. The van der Waals surface area contributed by atoms with E-state index in [0.29, 0.717) is 19.3 Å². The predicted molar refractivity (Wildman–Crippen MR) is 123 cm³/mol. The summed E-state index contributed by atoms with van der Waals surface area (Å²) in [5.41, 5.74) is 2.83. The Labute approximate surface area is 181 Å². The van der Waals surface area contributed by atoms with E-state index in [0.717, 1.165) is 21.8 Å². The minimum absolute atomic E-state index is 0.0121. The van der Waals surface area contributed by atoms with Crippen LogP contribution in [0.5, 0.6) is 0 Å². The summed E-state index contributed by atoms with van der Waals surface area (Å²) in [5, 5.41) is 2.00. The lowest BCUT2D eigenvalue weighted by Crippen LogP contribution is -2.47. The number of hydrogen-bond acceptors (Lipinski definition) is 3. The Hall–Kier alpha value is -2.92. The van der Waals surface area contributed by atoms with E-state index in [1.807, 2.05) is 82.8 Å². The van der Waals surface area contributed by atoms with E-state index in [4.69, 9.17) is 0 Å². The van der Waals surface area contributed by atoms with Crippen LogP contribution in [-0.4, -0.2) is 17.9 Å². The van der Waals surface area contributed by atoms with Crippen molar-refractivity contribution in [2.24, 2.45) is 0 Å². The molecule has 0 saturated heterocycles. The summed E-state index contributed by atoms with van der Waals surface area (Å²) in [6, 6.07) is 21.7. The summed E-state index contributed by atoms with van der Waals surface area (Å²) in [4.78, 5) is 31.1. The van der Waals surface area contributed by atoms with Gasteiger partial charge in [-0.25, -0.2) is 0 Å². The van der Waals surface area contributed by atoms with Crippen molar-refractivity contribution in [1.82, 2.24) is 0 Å². The van der Waals surface area contributed by atoms with Gasteiger partial charge >= 0.3 is 0 Å². The molecule has 0 spiro atoms. The van der Waals surface area contributed by atoms with E-state index in [1.54, 1.807) is 11.3 Å². The Kier molecular flexibility index (Phi) is 6.00. The molecule has 0 unspecified atom stereocenters. The van der Waals surface area contributed by atoms with Crippen molar-refractivity contribution < 1.29 is 9.59 Å². The number of thiophene rings is 1. The molecule has 4 rings (SSSR count). The number of benzene rings is 2. The molecule has 1 aromatic heterocycles. The van der Waals surface area contributed by atoms with Crippen molar-refractivity contribution in [3.05, 3.63) is 82.6 Å². The van der Waals surface area contributed by atoms with Gasteiger partial charge in [0.1, 0.15) is 0 Å². The van der Waals surface area contributed by atoms with Crippen molar-refractivity contribution >= 4 is 34.5 Å². The molecule has 0 fully saturated rings. The van der Waals surface area contributed by atoms with Crippen molar-refractivity contribution in [3.8, 4) is 0 Å². The third-order valence-electron chi connectivity index (χ3n) is 5.65. The van der Waals surface area contributed by atoms with Crippen molar-refractivity contribution in [2.45, 2.75) is 45.2 Å². The molecule has 0 radical (unpaired) electrons. The minimum Gasteiger partial charge on any atom is -0.309 e. The second kappa shape index (κ2) is 8.84. The maximum absolute atomic E-state index is 13.6. The lowest BCUT2D eigenvalue weighted by Gasteiger charge is -2.43. The summed E-state index contributed by atoms with van der Waals surface area (Å²) in [6.45, 7) is 3.97. The summed E-state index contributed by atoms with van der Waals surface area (Å²) in [6.07, 6.45) is 1.54. The molecule has 30 heavy (non-hydrogen) atoms. The highest BCUT2D eigenvalue weighted by atomic mass is 32.1. The lowest BCUT2D eigenvalue weighted by molar-refractivity contribution is -0.118. The molecule has 0 N–H and O–H groups in total. The second-order valence-electron chi connectivity index (χ2n) is 7.63. The fraction of sp³-hybridized carbons (Fsp3) is 0.280. The van der Waals surface area contributed by atoms with Crippen LogP contribution >= 0.6 is 11.3 Å². The number of para-hydroxylation sites is 2. The summed E-state index contributed by atoms with van der Waals surface area (Å²) < 4.78 is 0. The van der Waals surface area contributed by atoms with Gasteiger partial charge in [-0.05, 0) is 48.6 Å². The van der Waals surface area contributed by atoms with Crippen LogP contribution in [0.15, 0.2) is 72.1 Å². The van der Waals surface area contributed by atoms with Gasteiger partial charge in [-0.1, -0.05) is 49.4 Å². The first kappa shape index (κ1) is 20.4. The van der Waals surface area contributed by atoms with Gasteiger partial charge < -0.3 is 9.80 Å². The molecule has 2 heterocycles. The Bertz CT molecular complexity index is 1020. The average Bonchev–Trinajstić information content (AvgIpc) is 3.27. The van der Waals surface area contributed by atoms with E-state index in [-0.39, 0.29) is 23.9 Å². The van der Waals surface area contributed by atoms with Crippen LogP contribution in [0.1, 0.15) is 43.2 Å². The molecule has 0 saturated carbocycles. The van der Waals surface area contributed by atoms with Gasteiger partial charge in [0.15, 0.2) is 0 Å². The van der Waals surface area contributed by atoms with Crippen LogP contribution in [0.25, 0.3) is 0 Å². The highest BCUT2D eigenvalue weighted by molar-refractivity contribution is 7.10. The monoisotopic (exact) mass is 418 g/mol. The van der Waals surface area contributed by atoms with Gasteiger partial charge in [0.25, 0.3) is 0 Å². The molecule has 2 aromatic carbocycles. The fourth-order valence-electron chi connectivity index (χ4n) is 4.31. The van der Waals surface area contributed by atoms with Gasteiger partial charge in [-0.3, -0.25) is 9.59 Å². The van der Waals surface area contributed by atoms with Crippen molar-refractivity contribution in [3.63, 3.8) is 0 Å². The van der Waals surface area contributed by atoms with Crippen molar-refractivity contribution in [2.75, 3.05) is 9.80 Å². The molecule has 4 nitrogen and oxygen atoms in total. The van der Waals surface area contributed by atoms with Gasteiger partial charge in [-0.15, -0.1) is 11.3 Å². The van der Waals surface area contributed by atoms with E-state index < -0.39 is 0 Å². The van der Waals surface area contributed by atoms with E-state index in [2.05, 4.69) is 13.0 Å². The average molecular weight is 419 g/mol. The van der Waals surface area contributed by atoms with E-state index in [1.165, 1.54) is 0 Å². The van der Waals surface area contributed by atoms with Gasteiger partial charge in [0.05, 0.1) is 12.5 Å². The third kappa shape index (κ3) is 3.90. The number of carbonyl (C=O) groups excluding carboxylic acids is 2. The standard InChI is InChI=1S/C25H26N2O2S/c1-3-24(28)26-18(2)16-23(21-13-7-8-14-22(21)26)27(19-10-5-4-6-11-19)25(29)17-20-12-9-15-30-20/h4-15,18,23H,3,16-17H2,1-2H3/t18-,23+/m1/s1. The Morgan fingerprint density at radius 3 is 2.47 bits per heavy atom. The molecule has 3 aromatic rings. The molecule has 2 amide bonds. The quantitative estimate of drug-likeness (QED) is 0.541. The van der Waals surface area contributed by atoms with Gasteiger partial charge in [0.2, 0.25) is 11.8 Å². The smallest absolute Gasteiger partial charge is 0.232 e. The molecule has 5 heteroatoms. The molecule has 2 atom stereocenters. The van der Waals surface area contributed by atoms with Crippen LogP contribution in [0.2, 0.25) is 0 Å². The number of rotatable bonds is 5. The Balaban J connectivity index is 1.78. The fourth-order valence-corrected chi connectivity index (χ4v) is 5.01. The first-order valence-electron chi connectivity index (χ1n) is 10.4. The topological polar surface area (TPSA) is 40.6 Å². The number of carbonyl (C=O) groups is 2. The Morgan fingerprint density at radius 2 is 1.77 bits per heavy atom. The number of anilines is 2. The summed E-state index contributed by atoms with van der Waals surface area (Å²) in [7, 11) is 0. The molecular weight excluding hydrogens is 392 g/mol. The van der Waals surface area contributed by atoms with E-state index in [9.17, 15) is 9.59 Å². The number of amides is 2. The van der Waals surface area contributed by atoms with Crippen molar-refractivity contribution in [1.29, 1.82) is 0 Å². The predicted octanol–water partition coefficient (Wildman–Crippen LogP) is 5.60. The molecule has 1 aliphatic rings. The molecule has 0 aliphatic carbocycles. The van der Waals surface area contributed by atoms with E-state index >= 15 is 0 Å². The van der Waals surface area contributed by atoms with Crippen LogP contribution in [0, 0.1) is 0 Å². The first-order valence-corrected chi connectivity index (χ1v) is 11.3. The number of nitrogens with zero attached hydrogens (tertiary/aromatic N) is 2. The zero-order valence-electron chi connectivity index (χ0n) is 17.3. The lowest BCUT2D eigenvalue weighted by atomic mass is 9.89. The first-order chi connectivity index (χ1) is 14.6. The van der Waals surface area contributed by atoms with Gasteiger partial charge in [-0.2, -0.15) is 0 Å². The number of fused-ring (bicyclic) bond motifs is 1. The SMILES string of the molecule is CCC(=O)N1c2ccccc2[C@@H](N(C(=O)Cc2cccs2)c2ccccc2)C[C@H]1C. The highest BCUT2D eigenvalue weighted by Crippen LogP contribution is 2.42. The third-order valence-corrected chi connectivity index (χ3v) is 6.53. The normalized spacial score (nSPS) is 18.0. The molecule has 154 valence electrons. The zero-order valence-corrected chi connectivity index (χ0v) is 18.1. The van der Waals surface area contributed by atoms with Crippen LogP contribution < -0.4 is 9.80 Å². The number of hydrogen-bond donors (Lipinski definition) is 0. The Morgan fingerprint density at radius 1 is 1.03 bits per heavy atom. The summed E-state index contributed by atoms with van der Waals surface area (Å²) in [5.74, 6) is 0.190. The van der Waals surface area contributed by atoms with Crippen LogP contribution in [0.3, 0.4) is 0 Å². The van der Waals surface area contributed by atoms with Crippen LogP contribution in [0.4, 0.5) is 11.4 Å². The largest absolute Gasteiger partial charge is 0.309 e. The van der Waals surface area contributed by atoms with Gasteiger partial charge in [0, 0.05) is 28.7 Å². The molecule has 0 bridgehead atoms. The molecule has 1 aliphatic heterocycles. The maximum atomic E-state index is 13.6. The minimum atomic E-state index is -0.119. The van der Waals surface area contributed by atoms with Crippen LogP contribution in [-0.2, 0) is 16.0 Å². The molecular formula is C25H26N2O2S. The second-order valence-corrected chi connectivity index (χ2v) is 8.66.